The Morgan fingerprint density at radius 3 is 2.38 bits per heavy atom. The molecule has 0 aromatic heterocycles. The van der Waals surface area contributed by atoms with Crippen LogP contribution in [-0.4, -0.2) is 42.6 Å². The Bertz CT molecular complexity index is 1400. The number of nitro benzene ring substituents is 2. The maximum atomic E-state index is 12.0. The molecule has 0 saturated heterocycles. The zero-order valence-corrected chi connectivity index (χ0v) is 22.9. The number of nitrogens with zero attached hydrogens (tertiary/aromatic N) is 5. The summed E-state index contributed by atoms with van der Waals surface area (Å²) in [6, 6.07) is 14.5. The maximum absolute atomic E-state index is 12.0. The first-order valence-electron chi connectivity index (χ1n) is 11.6. The lowest BCUT2D eigenvalue weighted by atomic mass is 10.2. The van der Waals surface area contributed by atoms with Crippen molar-refractivity contribution < 1.29 is 24.1 Å². The average molecular weight is 601 g/mol. The van der Waals surface area contributed by atoms with Gasteiger partial charge < -0.3 is 19.7 Å². The summed E-state index contributed by atoms with van der Waals surface area (Å²) in [5.74, 6) is 0.777. The number of amides is 1. The van der Waals surface area contributed by atoms with Gasteiger partial charge in [0.25, 0.3) is 5.69 Å². The van der Waals surface area contributed by atoms with Crippen LogP contribution in [0.5, 0.6) is 11.5 Å². The first kappa shape index (κ1) is 29.0. The van der Waals surface area contributed by atoms with Crippen molar-refractivity contribution in [2.24, 2.45) is 10.2 Å². The zero-order valence-electron chi connectivity index (χ0n) is 21.3. The predicted molar refractivity (Wildman–Crippen MR) is 149 cm³/mol. The zero-order chi connectivity index (χ0) is 28.5. The molecule has 3 aromatic carbocycles. The molecule has 0 saturated carbocycles. The van der Waals surface area contributed by atoms with Gasteiger partial charge in [-0.2, -0.15) is 0 Å². The lowest BCUT2D eigenvalue weighted by Gasteiger charge is -2.26. The molecule has 204 valence electrons. The molecule has 0 fully saturated rings. The molecule has 0 atom stereocenters. The highest BCUT2D eigenvalue weighted by molar-refractivity contribution is 9.10. The van der Waals surface area contributed by atoms with Crippen molar-refractivity contribution >= 4 is 56.0 Å². The van der Waals surface area contributed by atoms with Gasteiger partial charge in [-0.3, -0.25) is 25.0 Å². The van der Waals surface area contributed by atoms with Gasteiger partial charge in [-0.1, -0.05) is 18.2 Å². The van der Waals surface area contributed by atoms with Gasteiger partial charge >= 0.3 is 5.69 Å². The van der Waals surface area contributed by atoms with E-state index in [4.69, 9.17) is 9.47 Å². The van der Waals surface area contributed by atoms with Crippen molar-refractivity contribution in [2.45, 2.75) is 13.8 Å². The van der Waals surface area contributed by atoms with Crippen molar-refractivity contribution in [3.05, 3.63) is 79.3 Å². The quantitative estimate of drug-likeness (QED) is 0.139. The van der Waals surface area contributed by atoms with E-state index in [1.165, 1.54) is 20.1 Å². The second kappa shape index (κ2) is 13.3. The van der Waals surface area contributed by atoms with Gasteiger partial charge in [0.2, 0.25) is 5.91 Å². The van der Waals surface area contributed by atoms with Gasteiger partial charge in [-0.25, -0.2) is 0 Å². The molecule has 0 aliphatic heterocycles. The summed E-state index contributed by atoms with van der Waals surface area (Å²) in [6.07, 6.45) is 0. The lowest BCUT2D eigenvalue weighted by molar-refractivity contribution is -0.393. The van der Waals surface area contributed by atoms with Gasteiger partial charge in [0.05, 0.1) is 45.4 Å². The number of halogens is 1. The number of hydrogen-bond acceptors (Lipinski definition) is 10. The smallest absolute Gasteiger partial charge is 0.304 e. The minimum atomic E-state index is -0.791. The van der Waals surface area contributed by atoms with E-state index in [0.717, 1.165) is 17.9 Å². The molecule has 0 aliphatic carbocycles. The topological polar surface area (TPSA) is 162 Å². The summed E-state index contributed by atoms with van der Waals surface area (Å²) in [7, 11) is 1.48. The maximum Gasteiger partial charge on any atom is 0.304 e. The number of hydrogen-bond donors (Lipinski definition) is 1. The number of para-hydroxylation sites is 1. The Morgan fingerprint density at radius 1 is 1.08 bits per heavy atom. The number of nitrogens with one attached hydrogen (secondary N) is 1. The second-order valence-electron chi connectivity index (χ2n) is 7.97. The molecule has 0 spiro atoms. The van der Waals surface area contributed by atoms with Crippen molar-refractivity contribution in [3.8, 4) is 11.5 Å². The molecule has 0 radical (unpaired) electrons. The molecule has 0 bridgehead atoms. The number of benzene rings is 3. The van der Waals surface area contributed by atoms with Crippen LogP contribution in [0.2, 0.25) is 0 Å². The third-order valence-corrected chi connectivity index (χ3v) is 6.00. The molecule has 1 N–H and O–H groups in total. The van der Waals surface area contributed by atoms with Gasteiger partial charge in [0, 0.05) is 25.6 Å². The summed E-state index contributed by atoms with van der Waals surface area (Å²) in [4.78, 5) is 35.1. The number of azo groups is 1. The van der Waals surface area contributed by atoms with Crippen LogP contribution in [-0.2, 0) is 4.79 Å². The van der Waals surface area contributed by atoms with Crippen LogP contribution in [0.25, 0.3) is 0 Å². The number of carbonyl (C=O) groups excluding carboxylic acids is 1. The number of methoxy groups -OCH3 is 1. The Kier molecular flexibility index (Phi) is 9.86. The molecular weight excluding hydrogens is 576 g/mol. The Hall–Kier alpha value is -4.59. The number of likely N-dealkylation sites (N-methyl/N-ethyl adjacent to an activating group) is 1. The predicted octanol–water partition coefficient (Wildman–Crippen LogP) is 6.55. The van der Waals surface area contributed by atoms with Crippen LogP contribution >= 0.6 is 15.9 Å². The van der Waals surface area contributed by atoms with Gasteiger partial charge in [0.15, 0.2) is 5.69 Å². The van der Waals surface area contributed by atoms with E-state index in [-0.39, 0.29) is 27.4 Å². The molecule has 0 heterocycles. The summed E-state index contributed by atoms with van der Waals surface area (Å²) in [6.45, 7) is 4.77. The first-order valence-corrected chi connectivity index (χ1v) is 12.4. The number of non-ortho nitro benzene ring substituents is 1. The van der Waals surface area contributed by atoms with E-state index < -0.39 is 21.2 Å². The fraction of sp³-hybridized carbons (Fsp3) is 0.240. The Balaban J connectivity index is 1.99. The third kappa shape index (κ3) is 7.47. The van der Waals surface area contributed by atoms with E-state index in [1.54, 1.807) is 6.07 Å². The minimum Gasteiger partial charge on any atom is -0.494 e. The molecule has 0 aliphatic rings. The van der Waals surface area contributed by atoms with Gasteiger partial charge in [-0.05, 0) is 41.1 Å². The van der Waals surface area contributed by atoms with Crippen LogP contribution < -0.4 is 19.7 Å². The molecule has 3 rings (SSSR count). The molecule has 14 heteroatoms. The van der Waals surface area contributed by atoms with Crippen LogP contribution in [0.15, 0.2) is 69.3 Å². The van der Waals surface area contributed by atoms with Crippen molar-refractivity contribution in [3.63, 3.8) is 0 Å². The lowest BCUT2D eigenvalue weighted by Crippen LogP contribution is -2.28. The minimum absolute atomic E-state index is 0.00684. The van der Waals surface area contributed by atoms with Crippen molar-refractivity contribution in [1.82, 2.24) is 0 Å². The summed E-state index contributed by atoms with van der Waals surface area (Å²) in [5.41, 5.74) is -0.224. The van der Waals surface area contributed by atoms with Crippen LogP contribution in [0.1, 0.15) is 13.8 Å². The highest BCUT2D eigenvalue weighted by atomic mass is 79.9. The van der Waals surface area contributed by atoms with E-state index >= 15 is 0 Å². The molecule has 1 amide bonds. The first-order chi connectivity index (χ1) is 18.6. The van der Waals surface area contributed by atoms with Crippen molar-refractivity contribution in [2.75, 3.05) is 37.0 Å². The van der Waals surface area contributed by atoms with E-state index in [0.29, 0.717) is 31.1 Å². The van der Waals surface area contributed by atoms with Crippen LogP contribution in [0, 0.1) is 20.2 Å². The Morgan fingerprint density at radius 2 is 1.79 bits per heavy atom. The molecular formula is C25H25BrN6O7. The summed E-state index contributed by atoms with van der Waals surface area (Å²) < 4.78 is 11.4. The third-order valence-electron chi connectivity index (χ3n) is 5.40. The van der Waals surface area contributed by atoms with E-state index in [9.17, 15) is 25.0 Å². The highest BCUT2D eigenvalue weighted by Crippen LogP contribution is 2.43. The largest absolute Gasteiger partial charge is 0.494 e. The fourth-order valence-electron chi connectivity index (χ4n) is 3.60. The van der Waals surface area contributed by atoms with Crippen LogP contribution in [0.3, 0.4) is 0 Å². The Labute approximate surface area is 231 Å². The number of rotatable bonds is 12. The van der Waals surface area contributed by atoms with Gasteiger partial charge in [0.1, 0.15) is 23.8 Å². The molecule has 3 aromatic rings. The second-order valence-corrected chi connectivity index (χ2v) is 8.83. The highest BCUT2D eigenvalue weighted by Gasteiger charge is 2.24. The fourth-order valence-corrected chi connectivity index (χ4v) is 4.12. The average Bonchev–Trinajstić information content (AvgIpc) is 2.90. The standard InChI is InChI=1S/C25H25BrN6O7/c1-4-30(10-11-39-18-8-6-5-7-9-18)22-14-20(27-16(2)33)21(15-24(22)38-3)28-29-25-19(26)12-17(31(34)35)13-23(25)32(36)37/h5-9,12-15H,4,10-11H2,1-3H3,(H,27,33). The normalized spacial score (nSPS) is 10.8. The SMILES string of the molecule is CCN(CCOc1ccccc1)c1cc(NC(C)=O)c(N=Nc2c(Br)cc([N+](=O)[O-])cc2[N+](=O)[O-])cc1OC. The number of ether oxygens (including phenoxy) is 2. The molecule has 13 nitrogen and oxygen atoms in total. The monoisotopic (exact) mass is 600 g/mol. The summed E-state index contributed by atoms with van der Waals surface area (Å²) in [5, 5.41) is 33.5. The van der Waals surface area contributed by atoms with Crippen molar-refractivity contribution in [1.29, 1.82) is 0 Å². The number of anilines is 2. The molecule has 39 heavy (non-hydrogen) atoms. The van der Waals surface area contributed by atoms with E-state index in [2.05, 4.69) is 31.5 Å². The van der Waals surface area contributed by atoms with E-state index in [1.807, 2.05) is 42.2 Å². The number of carbonyl (C=O) groups is 1. The number of nitro groups is 2. The molecule has 0 unspecified atom stereocenters. The summed E-state index contributed by atoms with van der Waals surface area (Å²) >= 11 is 3.10. The van der Waals surface area contributed by atoms with Crippen LogP contribution in [0.4, 0.5) is 34.1 Å². The van der Waals surface area contributed by atoms with Gasteiger partial charge in [-0.15, -0.1) is 10.2 Å².